The number of hydrogen-bond donors (Lipinski definition) is 1. The maximum absolute atomic E-state index is 11.1. The van der Waals surface area contributed by atoms with Crippen LogP contribution < -0.4 is 0 Å². The van der Waals surface area contributed by atoms with E-state index in [4.69, 9.17) is 5.11 Å². The molecule has 0 aliphatic rings. The van der Waals surface area contributed by atoms with E-state index in [2.05, 4.69) is 20.8 Å². The van der Waals surface area contributed by atoms with Crippen LogP contribution in [0.5, 0.6) is 0 Å². The summed E-state index contributed by atoms with van der Waals surface area (Å²) in [4.78, 5) is 13.1. The predicted molar refractivity (Wildman–Crippen MR) is 58.4 cm³/mol. The Balaban J connectivity index is 4.77. The monoisotopic (exact) mass is 201 g/mol. The highest BCUT2D eigenvalue weighted by Gasteiger charge is 2.34. The third kappa shape index (κ3) is 2.98. The number of carbonyl (C=O) groups is 1. The van der Waals surface area contributed by atoms with Crippen LogP contribution in [0.2, 0.25) is 0 Å². The van der Waals surface area contributed by atoms with E-state index in [1.165, 1.54) is 0 Å². The molecule has 1 N–H and O–H groups in total. The molecule has 0 bridgehead atoms. The molecule has 0 rings (SSSR count). The molecule has 0 amide bonds. The Morgan fingerprint density at radius 3 is 2.07 bits per heavy atom. The molecule has 0 aromatic carbocycles. The molecule has 14 heavy (non-hydrogen) atoms. The fraction of sp³-hybridized carbons (Fsp3) is 0.909. The van der Waals surface area contributed by atoms with E-state index in [1.54, 1.807) is 0 Å². The molecule has 0 radical (unpaired) electrons. The van der Waals surface area contributed by atoms with Crippen molar-refractivity contribution in [2.24, 2.45) is 5.92 Å². The number of carboxylic acids is 1. The van der Waals surface area contributed by atoms with Crippen molar-refractivity contribution in [2.45, 2.75) is 52.6 Å². The van der Waals surface area contributed by atoms with Crippen LogP contribution in [-0.2, 0) is 4.79 Å². The van der Waals surface area contributed by atoms with Gasteiger partial charge in [-0.3, -0.25) is 9.69 Å². The lowest BCUT2D eigenvalue weighted by atomic mass is 9.93. The first-order valence-corrected chi connectivity index (χ1v) is 5.19. The van der Waals surface area contributed by atoms with E-state index in [0.717, 1.165) is 6.42 Å². The molecule has 0 fully saturated rings. The number of aliphatic carboxylic acids is 1. The minimum Gasteiger partial charge on any atom is -0.480 e. The zero-order valence-corrected chi connectivity index (χ0v) is 10.2. The van der Waals surface area contributed by atoms with Crippen LogP contribution in [0, 0.1) is 5.92 Å². The van der Waals surface area contributed by atoms with E-state index >= 15 is 0 Å². The molecule has 84 valence electrons. The maximum Gasteiger partial charge on any atom is 0.321 e. The van der Waals surface area contributed by atoms with E-state index in [-0.39, 0.29) is 11.5 Å². The number of nitrogens with zero attached hydrogens (tertiary/aromatic N) is 1. The molecule has 1 unspecified atom stereocenters. The predicted octanol–water partition coefficient (Wildman–Crippen LogP) is 2.22. The van der Waals surface area contributed by atoms with Gasteiger partial charge in [0.1, 0.15) is 6.04 Å². The third-order valence-corrected chi connectivity index (χ3v) is 3.12. The largest absolute Gasteiger partial charge is 0.480 e. The van der Waals surface area contributed by atoms with E-state index in [1.807, 2.05) is 25.8 Å². The van der Waals surface area contributed by atoms with Gasteiger partial charge in [-0.15, -0.1) is 0 Å². The average Bonchev–Trinajstić information content (AvgIpc) is 2.02. The Labute approximate surface area is 87.1 Å². The highest BCUT2D eigenvalue weighted by molar-refractivity contribution is 5.73. The summed E-state index contributed by atoms with van der Waals surface area (Å²) in [5.74, 6) is -0.604. The molecule has 1 atom stereocenters. The molecule has 3 heteroatoms. The van der Waals surface area contributed by atoms with Gasteiger partial charge in [0.2, 0.25) is 0 Å². The SMILES string of the molecule is CCC(C)(C)N(C)C(C(=O)O)C(C)C. The van der Waals surface area contributed by atoms with Crippen LogP contribution in [0.15, 0.2) is 0 Å². The van der Waals surface area contributed by atoms with Crippen molar-refractivity contribution < 1.29 is 9.90 Å². The number of carboxylic acid groups (broad SMARTS) is 1. The normalized spacial score (nSPS) is 14.9. The van der Waals surface area contributed by atoms with Gasteiger partial charge in [0.05, 0.1) is 0 Å². The Hall–Kier alpha value is -0.570. The fourth-order valence-electron chi connectivity index (χ4n) is 1.52. The van der Waals surface area contributed by atoms with Crippen LogP contribution in [0.4, 0.5) is 0 Å². The summed E-state index contributed by atoms with van der Waals surface area (Å²) in [5, 5.41) is 9.13. The second-order valence-corrected chi connectivity index (χ2v) is 4.80. The Bertz CT molecular complexity index is 199. The summed E-state index contributed by atoms with van der Waals surface area (Å²) >= 11 is 0. The van der Waals surface area contributed by atoms with Gasteiger partial charge in [-0.1, -0.05) is 20.8 Å². The van der Waals surface area contributed by atoms with E-state index in [0.29, 0.717) is 0 Å². The molecule has 0 saturated heterocycles. The maximum atomic E-state index is 11.1. The second kappa shape index (κ2) is 4.78. The number of hydrogen-bond acceptors (Lipinski definition) is 2. The first kappa shape index (κ1) is 13.4. The average molecular weight is 201 g/mol. The van der Waals surface area contributed by atoms with Crippen LogP contribution in [0.25, 0.3) is 0 Å². The van der Waals surface area contributed by atoms with Crippen LogP contribution >= 0.6 is 0 Å². The van der Waals surface area contributed by atoms with Crippen molar-refractivity contribution >= 4 is 5.97 Å². The van der Waals surface area contributed by atoms with Crippen molar-refractivity contribution in [1.29, 1.82) is 0 Å². The Kier molecular flexibility index (Phi) is 4.59. The second-order valence-electron chi connectivity index (χ2n) is 4.80. The summed E-state index contributed by atoms with van der Waals surface area (Å²) < 4.78 is 0. The third-order valence-electron chi connectivity index (χ3n) is 3.12. The molecule has 0 aromatic rings. The van der Waals surface area contributed by atoms with Crippen molar-refractivity contribution in [1.82, 2.24) is 4.90 Å². The van der Waals surface area contributed by atoms with Gasteiger partial charge >= 0.3 is 5.97 Å². The summed E-state index contributed by atoms with van der Waals surface area (Å²) in [6.07, 6.45) is 0.944. The Morgan fingerprint density at radius 1 is 1.43 bits per heavy atom. The lowest BCUT2D eigenvalue weighted by Crippen LogP contribution is -2.52. The number of rotatable bonds is 5. The first-order chi connectivity index (χ1) is 6.24. The van der Waals surface area contributed by atoms with Crippen LogP contribution in [0.3, 0.4) is 0 Å². The quantitative estimate of drug-likeness (QED) is 0.741. The van der Waals surface area contributed by atoms with Crippen molar-refractivity contribution in [3.05, 3.63) is 0 Å². The van der Waals surface area contributed by atoms with E-state index < -0.39 is 12.0 Å². The minimum atomic E-state index is -0.732. The summed E-state index contributed by atoms with van der Waals surface area (Å²) in [7, 11) is 1.89. The molecule has 0 aliphatic carbocycles. The van der Waals surface area contributed by atoms with Gasteiger partial charge in [0.15, 0.2) is 0 Å². The highest BCUT2D eigenvalue weighted by atomic mass is 16.4. The van der Waals surface area contributed by atoms with Gasteiger partial charge in [-0.05, 0) is 33.2 Å². The molecule has 0 aliphatic heterocycles. The highest BCUT2D eigenvalue weighted by Crippen LogP contribution is 2.22. The number of likely N-dealkylation sites (N-methyl/N-ethyl adjacent to an activating group) is 1. The fourth-order valence-corrected chi connectivity index (χ4v) is 1.52. The molecule has 0 aromatic heterocycles. The van der Waals surface area contributed by atoms with Gasteiger partial charge in [0.25, 0.3) is 0 Å². The molecule has 0 spiro atoms. The molecular weight excluding hydrogens is 178 g/mol. The first-order valence-electron chi connectivity index (χ1n) is 5.19. The molecule has 0 saturated carbocycles. The minimum absolute atomic E-state index is 0.0622. The molecular formula is C11H23NO2. The van der Waals surface area contributed by atoms with Gasteiger partial charge < -0.3 is 5.11 Å². The summed E-state index contributed by atoms with van der Waals surface area (Å²) in [6, 6.07) is -0.398. The van der Waals surface area contributed by atoms with E-state index in [9.17, 15) is 4.79 Å². The lowest BCUT2D eigenvalue weighted by molar-refractivity contribution is -0.147. The van der Waals surface area contributed by atoms with Crippen molar-refractivity contribution in [2.75, 3.05) is 7.05 Å². The zero-order chi connectivity index (χ0) is 11.5. The van der Waals surface area contributed by atoms with Crippen LogP contribution in [-0.4, -0.2) is 34.6 Å². The lowest BCUT2D eigenvalue weighted by Gasteiger charge is -2.40. The summed E-state index contributed by atoms with van der Waals surface area (Å²) in [6.45, 7) is 10.1. The van der Waals surface area contributed by atoms with Gasteiger partial charge in [0, 0.05) is 5.54 Å². The molecule has 0 heterocycles. The topological polar surface area (TPSA) is 40.5 Å². The van der Waals surface area contributed by atoms with Gasteiger partial charge in [-0.25, -0.2) is 0 Å². The van der Waals surface area contributed by atoms with Crippen LogP contribution in [0.1, 0.15) is 41.0 Å². The Morgan fingerprint density at radius 2 is 1.86 bits per heavy atom. The van der Waals surface area contributed by atoms with Gasteiger partial charge in [-0.2, -0.15) is 0 Å². The van der Waals surface area contributed by atoms with Crippen molar-refractivity contribution in [3.63, 3.8) is 0 Å². The smallest absolute Gasteiger partial charge is 0.321 e. The standard InChI is InChI=1S/C11H23NO2/c1-7-11(4,5)12(6)9(8(2)3)10(13)14/h8-9H,7H2,1-6H3,(H,13,14). The van der Waals surface area contributed by atoms with Crippen molar-refractivity contribution in [3.8, 4) is 0 Å². The molecule has 3 nitrogen and oxygen atoms in total. The summed E-state index contributed by atoms with van der Waals surface area (Å²) in [5.41, 5.74) is -0.0622. The zero-order valence-electron chi connectivity index (χ0n) is 10.2.